The average Bonchev–Trinajstić information content (AvgIpc) is 2.94. The van der Waals surface area contributed by atoms with Crippen LogP contribution in [0.2, 0.25) is 0 Å². The van der Waals surface area contributed by atoms with Gasteiger partial charge in [-0.1, -0.05) is 0 Å². The van der Waals surface area contributed by atoms with Crippen LogP contribution in [-0.4, -0.2) is 42.8 Å². The fourth-order valence-electron chi connectivity index (χ4n) is 1.96. The van der Waals surface area contributed by atoms with E-state index >= 15 is 0 Å². The van der Waals surface area contributed by atoms with Crippen LogP contribution in [0.15, 0.2) is 24.3 Å². The van der Waals surface area contributed by atoms with Gasteiger partial charge in [-0.25, -0.2) is 0 Å². The molecule has 0 aromatic heterocycles. The number of rotatable bonds is 5. The highest BCUT2D eigenvalue weighted by molar-refractivity contribution is 5.79. The molecule has 1 fully saturated rings. The van der Waals surface area contributed by atoms with Crippen molar-refractivity contribution in [1.29, 1.82) is 5.26 Å². The molecule has 1 aliphatic heterocycles. The number of aliphatic carboxylic acids is 1. The van der Waals surface area contributed by atoms with Crippen LogP contribution < -0.4 is 10.1 Å². The Morgan fingerprint density at radius 2 is 2.10 bits per heavy atom. The van der Waals surface area contributed by atoms with Gasteiger partial charge in [0.2, 0.25) is 0 Å². The molecule has 7 heteroatoms. The number of amides is 1. The van der Waals surface area contributed by atoms with Gasteiger partial charge in [0.1, 0.15) is 11.7 Å². The average molecular weight is 290 g/mol. The molecule has 1 aliphatic rings. The summed E-state index contributed by atoms with van der Waals surface area (Å²) in [6.07, 6.45) is 0. The first-order chi connectivity index (χ1) is 10.1. The molecule has 0 aliphatic carbocycles. The highest BCUT2D eigenvalue weighted by Crippen LogP contribution is 2.14. The summed E-state index contributed by atoms with van der Waals surface area (Å²) < 4.78 is 10.3. The Hall–Kier alpha value is -2.59. The molecule has 2 unspecified atom stereocenters. The number of hydrogen-bond donors (Lipinski definition) is 2. The van der Waals surface area contributed by atoms with Gasteiger partial charge in [0.15, 0.2) is 6.61 Å². The summed E-state index contributed by atoms with van der Waals surface area (Å²) in [6.45, 7) is 0.0467. The number of nitrogens with one attached hydrogen (secondary N) is 1. The fourth-order valence-corrected chi connectivity index (χ4v) is 1.96. The van der Waals surface area contributed by atoms with Crippen molar-refractivity contribution < 1.29 is 24.2 Å². The van der Waals surface area contributed by atoms with Crippen molar-refractivity contribution in [2.45, 2.75) is 6.04 Å². The van der Waals surface area contributed by atoms with Crippen LogP contribution in [-0.2, 0) is 14.3 Å². The van der Waals surface area contributed by atoms with Crippen LogP contribution >= 0.6 is 0 Å². The van der Waals surface area contributed by atoms with E-state index in [-0.39, 0.29) is 19.8 Å². The third-order valence-electron chi connectivity index (χ3n) is 3.10. The quantitative estimate of drug-likeness (QED) is 0.799. The molecule has 7 nitrogen and oxygen atoms in total. The van der Waals surface area contributed by atoms with E-state index in [1.165, 1.54) is 0 Å². The van der Waals surface area contributed by atoms with Crippen molar-refractivity contribution in [3.8, 4) is 11.8 Å². The summed E-state index contributed by atoms with van der Waals surface area (Å²) in [5.74, 6) is -1.68. The molecule has 1 saturated heterocycles. The Kier molecular flexibility index (Phi) is 4.74. The minimum atomic E-state index is -0.995. The second-order valence-electron chi connectivity index (χ2n) is 4.58. The molecule has 0 saturated carbocycles. The SMILES string of the molecule is N#Cc1ccc(OCC(=O)NC2COCC2C(=O)O)cc1. The van der Waals surface area contributed by atoms with E-state index in [4.69, 9.17) is 19.8 Å². The van der Waals surface area contributed by atoms with E-state index in [1.54, 1.807) is 24.3 Å². The molecule has 0 spiro atoms. The monoisotopic (exact) mass is 290 g/mol. The van der Waals surface area contributed by atoms with Crippen molar-refractivity contribution in [1.82, 2.24) is 5.32 Å². The minimum Gasteiger partial charge on any atom is -0.484 e. The molecule has 1 aromatic carbocycles. The zero-order chi connectivity index (χ0) is 15.2. The number of carboxylic acid groups (broad SMARTS) is 1. The Morgan fingerprint density at radius 3 is 2.71 bits per heavy atom. The largest absolute Gasteiger partial charge is 0.484 e. The number of ether oxygens (including phenoxy) is 2. The second kappa shape index (κ2) is 6.72. The van der Waals surface area contributed by atoms with Crippen molar-refractivity contribution >= 4 is 11.9 Å². The number of nitriles is 1. The normalized spacial score (nSPS) is 20.5. The third kappa shape index (κ3) is 3.94. The number of hydrogen-bond acceptors (Lipinski definition) is 5. The van der Waals surface area contributed by atoms with E-state index in [1.807, 2.05) is 6.07 Å². The smallest absolute Gasteiger partial charge is 0.311 e. The maximum atomic E-state index is 11.7. The first-order valence-corrected chi connectivity index (χ1v) is 6.33. The Balaban J connectivity index is 1.82. The summed E-state index contributed by atoms with van der Waals surface area (Å²) in [7, 11) is 0. The van der Waals surface area contributed by atoms with Gasteiger partial charge in [0.25, 0.3) is 5.91 Å². The molecule has 0 radical (unpaired) electrons. The zero-order valence-electron chi connectivity index (χ0n) is 11.1. The van der Waals surface area contributed by atoms with Crippen LogP contribution in [0, 0.1) is 17.2 Å². The van der Waals surface area contributed by atoms with E-state index < -0.39 is 23.8 Å². The number of carbonyl (C=O) groups is 2. The Bertz CT molecular complexity index is 564. The number of nitrogens with zero attached hydrogens (tertiary/aromatic N) is 1. The number of carboxylic acids is 1. The standard InChI is InChI=1S/C14H14N2O5/c15-5-9-1-3-10(4-2-9)21-8-13(17)16-12-7-20-6-11(12)14(18)19/h1-4,11-12H,6-8H2,(H,16,17)(H,18,19). The van der Waals surface area contributed by atoms with Crippen LogP contribution in [0.4, 0.5) is 0 Å². The molecular formula is C14H14N2O5. The molecule has 1 amide bonds. The molecule has 1 heterocycles. The van der Waals surface area contributed by atoms with Gasteiger partial charge in [-0.3, -0.25) is 9.59 Å². The van der Waals surface area contributed by atoms with Gasteiger partial charge in [-0.05, 0) is 24.3 Å². The lowest BCUT2D eigenvalue weighted by atomic mass is 10.0. The third-order valence-corrected chi connectivity index (χ3v) is 3.10. The fraction of sp³-hybridized carbons (Fsp3) is 0.357. The van der Waals surface area contributed by atoms with Crippen LogP contribution in [0.1, 0.15) is 5.56 Å². The maximum absolute atomic E-state index is 11.7. The molecule has 2 N–H and O–H groups in total. The molecule has 0 bridgehead atoms. The summed E-state index contributed by atoms with van der Waals surface area (Å²) in [5.41, 5.74) is 0.499. The minimum absolute atomic E-state index is 0.0940. The maximum Gasteiger partial charge on any atom is 0.311 e. The highest BCUT2D eigenvalue weighted by atomic mass is 16.5. The van der Waals surface area contributed by atoms with E-state index in [0.29, 0.717) is 11.3 Å². The van der Waals surface area contributed by atoms with Gasteiger partial charge in [0.05, 0.1) is 30.9 Å². The van der Waals surface area contributed by atoms with Gasteiger partial charge >= 0.3 is 5.97 Å². The molecule has 1 aromatic rings. The lowest BCUT2D eigenvalue weighted by Gasteiger charge is -2.15. The summed E-state index contributed by atoms with van der Waals surface area (Å²) in [5, 5.41) is 20.2. The first kappa shape index (κ1) is 14.8. The van der Waals surface area contributed by atoms with Gasteiger partial charge in [-0.2, -0.15) is 5.26 Å². The van der Waals surface area contributed by atoms with Crippen molar-refractivity contribution in [3.63, 3.8) is 0 Å². The van der Waals surface area contributed by atoms with Crippen LogP contribution in [0.5, 0.6) is 5.75 Å². The van der Waals surface area contributed by atoms with Gasteiger partial charge in [0, 0.05) is 0 Å². The molecule has 110 valence electrons. The zero-order valence-corrected chi connectivity index (χ0v) is 11.1. The number of benzene rings is 1. The van der Waals surface area contributed by atoms with Crippen LogP contribution in [0.25, 0.3) is 0 Å². The summed E-state index contributed by atoms with van der Waals surface area (Å²) in [6, 6.07) is 7.78. The van der Waals surface area contributed by atoms with Crippen molar-refractivity contribution in [3.05, 3.63) is 29.8 Å². The lowest BCUT2D eigenvalue weighted by molar-refractivity contribution is -0.142. The molecule has 2 rings (SSSR count). The van der Waals surface area contributed by atoms with E-state index in [2.05, 4.69) is 5.32 Å². The lowest BCUT2D eigenvalue weighted by Crippen LogP contribution is -2.44. The van der Waals surface area contributed by atoms with Crippen LogP contribution in [0.3, 0.4) is 0 Å². The Morgan fingerprint density at radius 1 is 1.38 bits per heavy atom. The van der Waals surface area contributed by atoms with Gasteiger partial charge in [-0.15, -0.1) is 0 Å². The van der Waals surface area contributed by atoms with E-state index in [0.717, 1.165) is 0 Å². The predicted molar refractivity (Wildman–Crippen MR) is 70.5 cm³/mol. The predicted octanol–water partition coefficient (Wildman–Crippen LogP) is 0.153. The van der Waals surface area contributed by atoms with E-state index in [9.17, 15) is 9.59 Å². The molecule has 21 heavy (non-hydrogen) atoms. The van der Waals surface area contributed by atoms with Gasteiger partial charge < -0.3 is 19.9 Å². The molecule has 2 atom stereocenters. The van der Waals surface area contributed by atoms with Crippen molar-refractivity contribution in [2.24, 2.45) is 5.92 Å². The highest BCUT2D eigenvalue weighted by Gasteiger charge is 2.34. The topological polar surface area (TPSA) is 109 Å². The summed E-state index contributed by atoms with van der Waals surface area (Å²) >= 11 is 0. The van der Waals surface area contributed by atoms with Crippen molar-refractivity contribution in [2.75, 3.05) is 19.8 Å². The molecular weight excluding hydrogens is 276 g/mol. The number of carbonyl (C=O) groups excluding carboxylic acids is 1. The Labute approximate surface area is 121 Å². The second-order valence-corrected chi connectivity index (χ2v) is 4.58. The first-order valence-electron chi connectivity index (χ1n) is 6.33. The summed E-state index contributed by atoms with van der Waals surface area (Å²) in [4.78, 5) is 22.7.